The lowest BCUT2D eigenvalue weighted by molar-refractivity contribution is -0.147. The number of hydrogen-bond donors (Lipinski definition) is 1. The molecular formula is C17H23NO3. The van der Waals surface area contributed by atoms with Crippen LogP contribution in [0.15, 0.2) is 35.5 Å². The van der Waals surface area contributed by atoms with Crippen molar-refractivity contribution in [3.05, 3.63) is 35.5 Å². The quantitative estimate of drug-likeness (QED) is 0.375. The number of hydrogen-bond acceptors (Lipinski definition) is 4. The lowest BCUT2D eigenvalue weighted by atomic mass is 9.64. The second-order valence-electron chi connectivity index (χ2n) is 6.20. The lowest BCUT2D eigenvalue weighted by Crippen LogP contribution is -2.49. The van der Waals surface area contributed by atoms with Gasteiger partial charge in [0.15, 0.2) is 0 Å². The molecule has 0 saturated heterocycles. The Morgan fingerprint density at radius 3 is 2.62 bits per heavy atom. The maximum atomic E-state index is 11.1. The summed E-state index contributed by atoms with van der Waals surface area (Å²) < 4.78 is 5.25. The first-order valence-corrected chi connectivity index (χ1v) is 6.96. The maximum Gasteiger partial charge on any atom is 0.303 e. The third-order valence-electron chi connectivity index (χ3n) is 3.98. The lowest BCUT2D eigenvalue weighted by Gasteiger charge is -2.46. The summed E-state index contributed by atoms with van der Waals surface area (Å²) in [5.74, 6) is -0.325. The molecule has 0 heterocycles. The predicted octanol–water partition coefficient (Wildman–Crippen LogP) is 3.05. The molecule has 0 aromatic carbocycles. The van der Waals surface area contributed by atoms with E-state index in [1.807, 2.05) is 26.8 Å². The summed E-state index contributed by atoms with van der Waals surface area (Å²) in [5, 5.41) is 19.7. The normalized spacial score (nSPS) is 28.9. The van der Waals surface area contributed by atoms with Crippen molar-refractivity contribution in [2.24, 2.45) is 5.41 Å². The van der Waals surface area contributed by atoms with Gasteiger partial charge in [-0.1, -0.05) is 19.9 Å². The van der Waals surface area contributed by atoms with Gasteiger partial charge >= 0.3 is 5.97 Å². The second-order valence-corrected chi connectivity index (χ2v) is 6.20. The SMILES string of the molecule is CC(=O)O[C@H]1C=C(C)[C@](O)(/C=C/C(C)=C/C#N)C(C)(C)C1. The average Bonchev–Trinajstić information content (AvgIpc) is 2.33. The number of carbonyl (C=O) groups excluding carboxylic acids is 1. The van der Waals surface area contributed by atoms with Crippen LogP contribution in [0.5, 0.6) is 0 Å². The first kappa shape index (κ1) is 17.2. The first-order chi connectivity index (χ1) is 9.62. The zero-order valence-corrected chi connectivity index (χ0v) is 13.3. The summed E-state index contributed by atoms with van der Waals surface area (Å²) in [5.41, 5.74) is -0.105. The molecule has 0 saturated carbocycles. The van der Waals surface area contributed by atoms with Crippen LogP contribution in [0.1, 0.15) is 41.0 Å². The molecule has 0 bridgehead atoms. The Hall–Kier alpha value is -1.86. The van der Waals surface area contributed by atoms with Crippen LogP contribution in [0, 0.1) is 16.7 Å². The molecule has 4 nitrogen and oxygen atoms in total. The van der Waals surface area contributed by atoms with Crippen LogP contribution in [0.25, 0.3) is 0 Å². The number of nitriles is 1. The molecule has 114 valence electrons. The average molecular weight is 289 g/mol. The van der Waals surface area contributed by atoms with Gasteiger partial charge in [0.1, 0.15) is 11.7 Å². The molecule has 1 aliphatic carbocycles. The molecule has 0 fully saturated rings. The molecule has 0 aliphatic heterocycles. The Morgan fingerprint density at radius 2 is 2.14 bits per heavy atom. The monoisotopic (exact) mass is 289 g/mol. The van der Waals surface area contributed by atoms with Gasteiger partial charge in [-0.15, -0.1) is 0 Å². The Bertz CT molecular complexity index is 549. The van der Waals surface area contributed by atoms with E-state index in [0.29, 0.717) is 6.42 Å². The van der Waals surface area contributed by atoms with Crippen molar-refractivity contribution < 1.29 is 14.6 Å². The van der Waals surface area contributed by atoms with E-state index >= 15 is 0 Å². The van der Waals surface area contributed by atoms with Gasteiger partial charge in [-0.2, -0.15) is 5.26 Å². The van der Waals surface area contributed by atoms with E-state index in [1.54, 1.807) is 25.2 Å². The van der Waals surface area contributed by atoms with E-state index in [0.717, 1.165) is 11.1 Å². The largest absolute Gasteiger partial charge is 0.458 e. The molecule has 0 amide bonds. The number of carbonyl (C=O) groups is 1. The van der Waals surface area contributed by atoms with Crippen LogP contribution in [-0.2, 0) is 9.53 Å². The van der Waals surface area contributed by atoms with Crippen molar-refractivity contribution in [3.8, 4) is 6.07 Å². The maximum absolute atomic E-state index is 11.1. The molecule has 0 radical (unpaired) electrons. The number of allylic oxidation sites excluding steroid dienone is 3. The highest BCUT2D eigenvalue weighted by molar-refractivity contribution is 5.66. The zero-order valence-electron chi connectivity index (χ0n) is 13.3. The molecule has 0 aromatic rings. The Morgan fingerprint density at radius 1 is 1.52 bits per heavy atom. The molecule has 1 rings (SSSR count). The molecular weight excluding hydrogens is 266 g/mol. The number of ether oxygens (including phenoxy) is 1. The third kappa shape index (κ3) is 3.83. The van der Waals surface area contributed by atoms with Gasteiger partial charge in [-0.25, -0.2) is 0 Å². The van der Waals surface area contributed by atoms with Crippen LogP contribution < -0.4 is 0 Å². The fraction of sp³-hybridized carbons (Fsp3) is 0.529. The summed E-state index contributed by atoms with van der Waals surface area (Å²) in [7, 11) is 0. The molecule has 0 unspecified atom stereocenters. The highest BCUT2D eigenvalue weighted by Gasteiger charge is 2.47. The van der Waals surface area contributed by atoms with Gasteiger partial charge in [-0.05, 0) is 43.6 Å². The van der Waals surface area contributed by atoms with Crippen molar-refractivity contribution in [3.63, 3.8) is 0 Å². The zero-order chi connectivity index (χ0) is 16.3. The van der Waals surface area contributed by atoms with Crippen LogP contribution in [0.3, 0.4) is 0 Å². The highest BCUT2D eigenvalue weighted by Crippen LogP contribution is 2.46. The molecule has 1 N–H and O–H groups in total. The van der Waals surface area contributed by atoms with Gasteiger partial charge < -0.3 is 9.84 Å². The van der Waals surface area contributed by atoms with Gasteiger partial charge in [-0.3, -0.25) is 4.79 Å². The summed E-state index contributed by atoms with van der Waals surface area (Å²) in [6.45, 7) is 8.89. The Labute approximate surface area is 126 Å². The van der Waals surface area contributed by atoms with Gasteiger partial charge in [0.2, 0.25) is 0 Å². The molecule has 4 heteroatoms. The Balaban J connectivity index is 3.14. The van der Waals surface area contributed by atoms with E-state index in [-0.39, 0.29) is 12.1 Å². The van der Waals surface area contributed by atoms with Crippen LogP contribution >= 0.6 is 0 Å². The molecule has 2 atom stereocenters. The molecule has 21 heavy (non-hydrogen) atoms. The van der Waals surface area contributed by atoms with E-state index in [2.05, 4.69) is 0 Å². The fourth-order valence-corrected chi connectivity index (χ4v) is 2.71. The van der Waals surface area contributed by atoms with Crippen molar-refractivity contribution in [1.82, 2.24) is 0 Å². The van der Waals surface area contributed by atoms with Gasteiger partial charge in [0, 0.05) is 18.4 Å². The molecule has 0 spiro atoms. The minimum Gasteiger partial charge on any atom is -0.458 e. The summed E-state index contributed by atoms with van der Waals surface area (Å²) >= 11 is 0. The van der Waals surface area contributed by atoms with E-state index in [9.17, 15) is 9.90 Å². The third-order valence-corrected chi connectivity index (χ3v) is 3.98. The second kappa shape index (κ2) is 6.28. The van der Waals surface area contributed by atoms with Crippen LogP contribution in [0.4, 0.5) is 0 Å². The van der Waals surface area contributed by atoms with Crippen molar-refractivity contribution in [1.29, 1.82) is 5.26 Å². The van der Waals surface area contributed by atoms with Gasteiger partial charge in [0.25, 0.3) is 0 Å². The number of aliphatic hydroxyl groups is 1. The summed E-state index contributed by atoms with van der Waals surface area (Å²) in [6.07, 6.45) is 6.89. The topological polar surface area (TPSA) is 70.3 Å². The Kier molecular flexibility index (Phi) is 5.14. The predicted molar refractivity (Wildman–Crippen MR) is 81.2 cm³/mol. The summed E-state index contributed by atoms with van der Waals surface area (Å²) in [6, 6.07) is 1.96. The number of nitrogens with zero attached hydrogens (tertiary/aromatic N) is 1. The van der Waals surface area contributed by atoms with Crippen molar-refractivity contribution in [2.45, 2.75) is 52.7 Å². The molecule has 0 aromatic heterocycles. The smallest absolute Gasteiger partial charge is 0.303 e. The molecule has 1 aliphatic rings. The fourth-order valence-electron chi connectivity index (χ4n) is 2.71. The number of rotatable bonds is 3. The van der Waals surface area contributed by atoms with Crippen molar-refractivity contribution >= 4 is 5.97 Å². The van der Waals surface area contributed by atoms with Crippen molar-refractivity contribution in [2.75, 3.05) is 0 Å². The summed E-state index contributed by atoms with van der Waals surface area (Å²) in [4.78, 5) is 11.1. The minimum atomic E-state index is -1.13. The standard InChI is InChI=1S/C17H23NO3/c1-12(7-9-18)6-8-17(20)13(2)10-15(21-14(3)19)11-16(17,4)5/h6-8,10,15,20H,11H2,1-5H3/b8-6+,12-7+/t15-,17+/m0/s1. The van der Waals surface area contributed by atoms with E-state index in [4.69, 9.17) is 10.00 Å². The number of esters is 1. The van der Waals surface area contributed by atoms with E-state index < -0.39 is 11.0 Å². The van der Waals surface area contributed by atoms with Crippen LogP contribution in [0.2, 0.25) is 0 Å². The van der Waals surface area contributed by atoms with E-state index in [1.165, 1.54) is 13.0 Å². The highest BCUT2D eigenvalue weighted by atomic mass is 16.5. The minimum absolute atomic E-state index is 0.318. The first-order valence-electron chi connectivity index (χ1n) is 6.96. The van der Waals surface area contributed by atoms with Gasteiger partial charge in [0.05, 0.1) is 6.07 Å². The van der Waals surface area contributed by atoms with Crippen LogP contribution in [-0.4, -0.2) is 22.8 Å².